The average molecular weight is 839 g/mol. The Morgan fingerprint density at radius 2 is 0.825 bits per heavy atom. The smallest absolute Gasteiger partial charge is 0.457 e. The zero-order valence-electron chi connectivity index (χ0n) is 36.2. The minimum absolute atomic E-state index is 0.0680. The average Bonchev–Trinajstić information content (AvgIpc) is 3.19. The van der Waals surface area contributed by atoms with E-state index in [-0.39, 0.29) is 13.0 Å². The van der Waals surface area contributed by atoms with E-state index in [1.165, 1.54) is 148 Å². The zero-order chi connectivity index (χ0) is 42.0. The van der Waals surface area contributed by atoms with Crippen molar-refractivity contribution in [2.45, 2.75) is 256 Å². The van der Waals surface area contributed by atoms with E-state index in [0.717, 1.165) is 38.5 Å². The molecule has 1 aliphatic rings. The molecule has 0 aromatic rings. The number of carbonyl (C=O) groups is 1. The first-order valence-electron chi connectivity index (χ1n) is 23.4. The van der Waals surface area contributed by atoms with Crippen molar-refractivity contribution < 1.29 is 58.3 Å². The quantitative estimate of drug-likeness (QED) is 0.0195. The molecule has 8 atom stereocenters. The second-order valence-corrected chi connectivity index (χ2v) is 18.0. The van der Waals surface area contributed by atoms with Crippen LogP contribution in [0, 0.1) is 0 Å². The Morgan fingerprint density at radius 1 is 0.491 bits per heavy atom. The second-order valence-electron chi connectivity index (χ2n) is 16.6. The van der Waals surface area contributed by atoms with Gasteiger partial charge >= 0.3 is 13.8 Å². The number of aliphatic hydroxyl groups is 5. The van der Waals surface area contributed by atoms with Gasteiger partial charge in [0.25, 0.3) is 0 Å². The number of carbonyl (C=O) groups excluding carboxylic acids is 1. The zero-order valence-corrected chi connectivity index (χ0v) is 37.1. The summed E-state index contributed by atoms with van der Waals surface area (Å²) in [6, 6.07) is 0. The van der Waals surface area contributed by atoms with E-state index in [1.807, 2.05) is 0 Å². The fourth-order valence-electron chi connectivity index (χ4n) is 7.47. The number of rotatable bonds is 40. The molecule has 0 saturated heterocycles. The molecule has 6 unspecified atom stereocenters. The number of esters is 1. The molecule has 13 heteroatoms. The number of ether oxygens (including phenoxy) is 2. The van der Waals surface area contributed by atoms with Crippen molar-refractivity contribution in [1.29, 1.82) is 0 Å². The first-order valence-corrected chi connectivity index (χ1v) is 24.9. The van der Waals surface area contributed by atoms with Gasteiger partial charge in [-0.15, -0.1) is 0 Å². The van der Waals surface area contributed by atoms with Crippen molar-refractivity contribution in [1.82, 2.24) is 0 Å². The standard InChI is InChI=1S/C44H87O12P/c1-3-5-7-9-11-13-15-17-18-19-20-21-22-24-26-28-30-32-34-53-35-37(55-38(45)33-31-29-27-25-23-16-14-12-10-8-6-4-2)36-54-57(51,52)56-44-42(49)40(47)39(46)41(48)43(44)50/h37,39-44,46-50H,3-36H2,1-2H3,(H,51,52)/t37-,39?,40-,41?,42?,43?,44?/m1/s1. The molecule has 1 saturated carbocycles. The normalized spacial score (nSPS) is 22.7. The van der Waals surface area contributed by atoms with Crippen LogP contribution in [0.4, 0.5) is 0 Å². The lowest BCUT2D eigenvalue weighted by atomic mass is 9.85. The fourth-order valence-corrected chi connectivity index (χ4v) is 8.45. The van der Waals surface area contributed by atoms with E-state index >= 15 is 0 Å². The van der Waals surface area contributed by atoms with E-state index in [1.54, 1.807) is 0 Å². The Bertz CT molecular complexity index is 958. The van der Waals surface area contributed by atoms with Gasteiger partial charge < -0.3 is 39.9 Å². The summed E-state index contributed by atoms with van der Waals surface area (Å²) in [5.41, 5.74) is 0. The number of unbranched alkanes of at least 4 members (excludes halogenated alkanes) is 28. The van der Waals surface area contributed by atoms with Crippen molar-refractivity contribution in [2.75, 3.05) is 19.8 Å². The van der Waals surface area contributed by atoms with Crippen LogP contribution in [0.5, 0.6) is 0 Å². The molecule has 0 amide bonds. The molecule has 12 nitrogen and oxygen atoms in total. The van der Waals surface area contributed by atoms with Crippen LogP contribution >= 0.6 is 7.82 Å². The van der Waals surface area contributed by atoms with Crippen molar-refractivity contribution >= 4 is 13.8 Å². The Labute approximate surface area is 346 Å². The molecular weight excluding hydrogens is 751 g/mol. The van der Waals surface area contributed by atoms with Gasteiger partial charge in [-0.3, -0.25) is 13.8 Å². The molecule has 340 valence electrons. The van der Waals surface area contributed by atoms with Crippen LogP contribution in [-0.4, -0.2) is 98.9 Å². The lowest BCUT2D eigenvalue weighted by Crippen LogP contribution is -2.64. The molecule has 0 aromatic carbocycles. The van der Waals surface area contributed by atoms with E-state index in [0.29, 0.717) is 13.0 Å². The highest BCUT2D eigenvalue weighted by molar-refractivity contribution is 7.47. The molecular formula is C44H87O12P. The summed E-state index contributed by atoms with van der Waals surface area (Å²) in [6.45, 7) is 4.29. The van der Waals surface area contributed by atoms with Crippen molar-refractivity contribution in [2.24, 2.45) is 0 Å². The molecule has 0 bridgehead atoms. The molecule has 0 aliphatic heterocycles. The third kappa shape index (κ3) is 28.5. The summed E-state index contributed by atoms with van der Waals surface area (Å²) in [4.78, 5) is 23.1. The lowest BCUT2D eigenvalue weighted by Gasteiger charge is -2.41. The highest BCUT2D eigenvalue weighted by Gasteiger charge is 2.51. The number of phosphoric acid groups is 1. The van der Waals surface area contributed by atoms with Crippen LogP contribution < -0.4 is 0 Å². The molecule has 0 radical (unpaired) electrons. The third-order valence-electron chi connectivity index (χ3n) is 11.2. The molecule has 1 fully saturated rings. The predicted octanol–water partition coefficient (Wildman–Crippen LogP) is 9.37. The van der Waals surface area contributed by atoms with E-state index in [9.17, 15) is 39.8 Å². The SMILES string of the molecule is CCCCCCCCCCCCCCCCCCCCOC[C@H](COP(=O)(O)OC1C(O)C(O)C(O)[C@@H](O)C1O)OC(=O)CCCCCCCCCCCCCC. The highest BCUT2D eigenvalue weighted by Crippen LogP contribution is 2.47. The third-order valence-corrected chi connectivity index (χ3v) is 12.2. The van der Waals surface area contributed by atoms with Crippen LogP contribution in [0.3, 0.4) is 0 Å². The van der Waals surface area contributed by atoms with Crippen LogP contribution in [0.2, 0.25) is 0 Å². The molecule has 1 aliphatic carbocycles. The topological polar surface area (TPSA) is 192 Å². The van der Waals surface area contributed by atoms with E-state index in [4.69, 9.17) is 18.5 Å². The minimum atomic E-state index is -5.01. The summed E-state index contributed by atoms with van der Waals surface area (Å²) < 4.78 is 34.2. The Hall–Kier alpha value is -0.660. The fraction of sp³-hybridized carbons (Fsp3) is 0.977. The number of aliphatic hydroxyl groups excluding tert-OH is 5. The van der Waals surface area contributed by atoms with Gasteiger partial charge in [-0.2, -0.15) is 0 Å². The van der Waals surface area contributed by atoms with Gasteiger partial charge in [0.15, 0.2) is 0 Å². The van der Waals surface area contributed by atoms with Crippen LogP contribution in [-0.2, 0) is 27.9 Å². The molecule has 0 aromatic heterocycles. The Balaban J connectivity index is 2.35. The summed E-state index contributed by atoms with van der Waals surface area (Å²) in [5.74, 6) is -0.473. The maximum Gasteiger partial charge on any atom is 0.472 e. The van der Waals surface area contributed by atoms with Gasteiger partial charge in [0.05, 0.1) is 13.2 Å². The van der Waals surface area contributed by atoms with Gasteiger partial charge in [-0.05, 0) is 12.8 Å². The Morgan fingerprint density at radius 3 is 1.21 bits per heavy atom. The van der Waals surface area contributed by atoms with Crippen LogP contribution in [0.1, 0.15) is 213 Å². The number of phosphoric ester groups is 1. The monoisotopic (exact) mass is 839 g/mol. The predicted molar refractivity (Wildman–Crippen MR) is 226 cm³/mol. The first-order chi connectivity index (χ1) is 27.5. The van der Waals surface area contributed by atoms with E-state index in [2.05, 4.69) is 13.8 Å². The van der Waals surface area contributed by atoms with Crippen molar-refractivity contribution in [3.8, 4) is 0 Å². The molecule has 0 spiro atoms. The van der Waals surface area contributed by atoms with Crippen molar-refractivity contribution in [3.05, 3.63) is 0 Å². The number of hydrogen-bond acceptors (Lipinski definition) is 11. The second kappa shape index (κ2) is 36.0. The van der Waals surface area contributed by atoms with Gasteiger partial charge in [0.1, 0.15) is 42.7 Å². The van der Waals surface area contributed by atoms with Crippen molar-refractivity contribution in [3.63, 3.8) is 0 Å². The van der Waals surface area contributed by atoms with Gasteiger partial charge in [0, 0.05) is 13.0 Å². The summed E-state index contributed by atoms with van der Waals surface area (Å²) in [7, 11) is -5.01. The number of hydrogen-bond donors (Lipinski definition) is 6. The minimum Gasteiger partial charge on any atom is -0.457 e. The summed E-state index contributed by atoms with van der Waals surface area (Å²) >= 11 is 0. The molecule has 1 rings (SSSR count). The van der Waals surface area contributed by atoms with E-state index < -0.39 is 63.1 Å². The van der Waals surface area contributed by atoms with Gasteiger partial charge in [-0.1, -0.05) is 194 Å². The maximum absolute atomic E-state index is 12.8. The molecule has 6 N–H and O–H groups in total. The van der Waals surface area contributed by atoms with Gasteiger partial charge in [-0.25, -0.2) is 4.57 Å². The molecule has 0 heterocycles. The summed E-state index contributed by atoms with van der Waals surface area (Å²) in [5, 5.41) is 50.1. The maximum atomic E-state index is 12.8. The largest absolute Gasteiger partial charge is 0.472 e. The lowest BCUT2D eigenvalue weighted by molar-refractivity contribution is -0.220. The first kappa shape index (κ1) is 54.4. The van der Waals surface area contributed by atoms with Gasteiger partial charge in [0.2, 0.25) is 0 Å². The van der Waals surface area contributed by atoms with Crippen LogP contribution in [0.25, 0.3) is 0 Å². The van der Waals surface area contributed by atoms with Crippen LogP contribution in [0.15, 0.2) is 0 Å². The summed E-state index contributed by atoms with van der Waals surface area (Å²) in [6.07, 6.45) is 24.6. The Kier molecular flexibility index (Phi) is 34.4. The highest BCUT2D eigenvalue weighted by atomic mass is 31.2. The molecule has 57 heavy (non-hydrogen) atoms.